The van der Waals surface area contributed by atoms with Gasteiger partial charge in [-0.05, 0) is 24.3 Å². The minimum atomic E-state index is 0.650. The molecular weight excluding hydrogens is 224 g/mol. The normalized spacial score (nSPS) is 9.61. The Labute approximate surface area is 107 Å². The van der Waals surface area contributed by atoms with Crippen molar-refractivity contribution in [2.45, 2.75) is 0 Å². The average Bonchev–Trinajstić information content (AvgIpc) is 2.46. The van der Waals surface area contributed by atoms with Crippen molar-refractivity contribution in [1.29, 1.82) is 5.26 Å². The molecule has 0 unspecified atom stereocenters. The van der Waals surface area contributed by atoms with Crippen LogP contribution in [-0.4, -0.2) is 19.1 Å². The van der Waals surface area contributed by atoms with Crippen molar-refractivity contribution >= 4 is 17.1 Å². The first-order chi connectivity index (χ1) is 8.74. The summed E-state index contributed by atoms with van der Waals surface area (Å²) >= 11 is 0. The minimum Gasteiger partial charge on any atom is -0.387 e. The van der Waals surface area contributed by atoms with Crippen LogP contribution in [0.5, 0.6) is 0 Å². The topological polar surface area (TPSA) is 52.0 Å². The molecule has 1 heterocycles. The van der Waals surface area contributed by atoms with E-state index in [1.807, 2.05) is 43.3 Å². The Morgan fingerprint density at radius 3 is 2.78 bits per heavy atom. The summed E-state index contributed by atoms with van der Waals surface area (Å²) in [6, 6.07) is 11.6. The lowest BCUT2D eigenvalue weighted by Gasteiger charge is -2.19. The highest BCUT2D eigenvalue weighted by molar-refractivity contribution is 5.66. The number of hydrogen-bond donors (Lipinski definition) is 1. The number of nitrogens with one attached hydrogen (secondary N) is 1. The number of hydrogen-bond acceptors (Lipinski definition) is 4. The molecule has 0 saturated carbocycles. The van der Waals surface area contributed by atoms with E-state index >= 15 is 0 Å². The van der Waals surface area contributed by atoms with Gasteiger partial charge in [-0.25, -0.2) is 0 Å². The lowest BCUT2D eigenvalue weighted by atomic mass is 10.2. The molecule has 90 valence electrons. The fraction of sp³-hybridized carbons (Fsp3) is 0.143. The van der Waals surface area contributed by atoms with Crippen LogP contribution in [0.2, 0.25) is 0 Å². The van der Waals surface area contributed by atoms with Gasteiger partial charge in [-0.1, -0.05) is 6.07 Å². The van der Waals surface area contributed by atoms with E-state index in [-0.39, 0.29) is 0 Å². The number of aromatic nitrogens is 1. The van der Waals surface area contributed by atoms with Crippen LogP contribution < -0.4 is 10.2 Å². The zero-order valence-electron chi connectivity index (χ0n) is 10.4. The molecule has 2 rings (SSSR count). The molecule has 0 saturated heterocycles. The summed E-state index contributed by atoms with van der Waals surface area (Å²) < 4.78 is 0. The molecule has 18 heavy (non-hydrogen) atoms. The molecule has 1 aromatic carbocycles. The summed E-state index contributed by atoms with van der Waals surface area (Å²) in [5, 5.41) is 12.0. The predicted molar refractivity (Wildman–Crippen MR) is 73.0 cm³/mol. The van der Waals surface area contributed by atoms with E-state index in [0.29, 0.717) is 5.56 Å². The minimum absolute atomic E-state index is 0.650. The van der Waals surface area contributed by atoms with Crippen molar-refractivity contribution < 1.29 is 0 Å². The molecule has 0 amide bonds. The Kier molecular flexibility index (Phi) is 3.44. The molecule has 0 aliphatic carbocycles. The van der Waals surface area contributed by atoms with Gasteiger partial charge in [0.1, 0.15) is 0 Å². The highest BCUT2D eigenvalue weighted by Crippen LogP contribution is 2.25. The number of anilines is 3. The summed E-state index contributed by atoms with van der Waals surface area (Å²) in [6.07, 6.45) is 3.56. The molecule has 2 aromatic rings. The second-order valence-corrected chi connectivity index (χ2v) is 3.90. The number of pyridine rings is 1. The van der Waals surface area contributed by atoms with Gasteiger partial charge in [0, 0.05) is 19.8 Å². The maximum Gasteiger partial charge on any atom is 0.0992 e. The molecule has 0 radical (unpaired) electrons. The van der Waals surface area contributed by atoms with E-state index in [1.165, 1.54) is 0 Å². The molecule has 0 atom stereocenters. The van der Waals surface area contributed by atoms with E-state index in [0.717, 1.165) is 17.1 Å². The van der Waals surface area contributed by atoms with Gasteiger partial charge < -0.3 is 10.2 Å². The Bertz CT molecular complexity index is 586. The monoisotopic (exact) mass is 238 g/mol. The Morgan fingerprint density at radius 1 is 1.22 bits per heavy atom. The third-order valence-electron chi connectivity index (χ3n) is 2.76. The van der Waals surface area contributed by atoms with E-state index in [9.17, 15) is 0 Å². The average molecular weight is 238 g/mol. The zero-order valence-corrected chi connectivity index (χ0v) is 10.4. The SMILES string of the molecule is CNc1cncc(N(C)c2cccc(C#N)c2)c1. The van der Waals surface area contributed by atoms with Crippen molar-refractivity contribution in [2.75, 3.05) is 24.3 Å². The maximum absolute atomic E-state index is 8.91. The second kappa shape index (κ2) is 5.19. The van der Waals surface area contributed by atoms with E-state index in [1.54, 1.807) is 18.5 Å². The van der Waals surface area contributed by atoms with Crippen LogP contribution in [0.25, 0.3) is 0 Å². The molecule has 4 heteroatoms. The van der Waals surface area contributed by atoms with Gasteiger partial charge >= 0.3 is 0 Å². The lowest BCUT2D eigenvalue weighted by molar-refractivity contribution is 1.17. The second-order valence-electron chi connectivity index (χ2n) is 3.90. The van der Waals surface area contributed by atoms with Crippen molar-refractivity contribution in [3.05, 3.63) is 48.3 Å². The van der Waals surface area contributed by atoms with Crippen LogP contribution in [0, 0.1) is 11.3 Å². The van der Waals surface area contributed by atoms with Gasteiger partial charge in [-0.15, -0.1) is 0 Å². The molecule has 1 N–H and O–H groups in total. The molecule has 4 nitrogen and oxygen atoms in total. The Hall–Kier alpha value is -2.54. The molecule has 0 spiro atoms. The molecule has 0 aliphatic heterocycles. The third-order valence-corrected chi connectivity index (χ3v) is 2.76. The smallest absolute Gasteiger partial charge is 0.0992 e. The Balaban J connectivity index is 2.35. The molecule has 0 fully saturated rings. The van der Waals surface area contributed by atoms with Crippen molar-refractivity contribution in [2.24, 2.45) is 0 Å². The number of benzene rings is 1. The van der Waals surface area contributed by atoms with Crippen LogP contribution >= 0.6 is 0 Å². The van der Waals surface area contributed by atoms with Crippen molar-refractivity contribution in [3.63, 3.8) is 0 Å². The summed E-state index contributed by atoms with van der Waals surface area (Å²) in [6.45, 7) is 0. The summed E-state index contributed by atoms with van der Waals surface area (Å²) in [7, 11) is 3.81. The van der Waals surface area contributed by atoms with Gasteiger partial charge in [0.2, 0.25) is 0 Å². The van der Waals surface area contributed by atoms with Crippen LogP contribution in [0.15, 0.2) is 42.7 Å². The maximum atomic E-state index is 8.91. The predicted octanol–water partition coefficient (Wildman–Crippen LogP) is 2.76. The Morgan fingerprint density at radius 2 is 2.06 bits per heavy atom. The number of nitrogens with zero attached hydrogens (tertiary/aromatic N) is 3. The fourth-order valence-electron chi connectivity index (χ4n) is 1.68. The molecule has 1 aromatic heterocycles. The van der Waals surface area contributed by atoms with Gasteiger partial charge in [0.05, 0.1) is 35.4 Å². The molecular formula is C14H14N4. The summed E-state index contributed by atoms with van der Waals surface area (Å²) in [5.41, 5.74) is 3.54. The van der Waals surface area contributed by atoms with Crippen molar-refractivity contribution in [3.8, 4) is 6.07 Å². The largest absolute Gasteiger partial charge is 0.387 e. The van der Waals surface area contributed by atoms with Crippen LogP contribution in [0.1, 0.15) is 5.56 Å². The number of rotatable bonds is 3. The molecule has 0 bridgehead atoms. The zero-order chi connectivity index (χ0) is 13.0. The van der Waals surface area contributed by atoms with Gasteiger partial charge in [0.25, 0.3) is 0 Å². The van der Waals surface area contributed by atoms with Crippen LogP contribution in [-0.2, 0) is 0 Å². The first-order valence-corrected chi connectivity index (χ1v) is 5.61. The van der Waals surface area contributed by atoms with Gasteiger partial charge in [0.15, 0.2) is 0 Å². The summed E-state index contributed by atoms with van der Waals surface area (Å²) in [5.74, 6) is 0. The molecule has 0 aliphatic rings. The highest BCUT2D eigenvalue weighted by Gasteiger charge is 2.05. The van der Waals surface area contributed by atoms with Crippen LogP contribution in [0.4, 0.5) is 17.1 Å². The summed E-state index contributed by atoms with van der Waals surface area (Å²) in [4.78, 5) is 6.17. The standard InChI is InChI=1S/C14H14N4/c1-16-12-7-14(10-17-9-12)18(2)13-5-3-4-11(6-13)8-15/h3-7,9-10,16H,1-2H3. The number of nitriles is 1. The first kappa shape index (κ1) is 11.9. The quantitative estimate of drug-likeness (QED) is 0.893. The van der Waals surface area contributed by atoms with E-state index < -0.39 is 0 Å². The van der Waals surface area contributed by atoms with Gasteiger partial charge in [-0.3, -0.25) is 4.98 Å². The van der Waals surface area contributed by atoms with Crippen LogP contribution in [0.3, 0.4) is 0 Å². The van der Waals surface area contributed by atoms with E-state index in [2.05, 4.69) is 16.4 Å². The lowest BCUT2D eigenvalue weighted by Crippen LogP contribution is -2.10. The van der Waals surface area contributed by atoms with Crippen molar-refractivity contribution in [1.82, 2.24) is 4.98 Å². The first-order valence-electron chi connectivity index (χ1n) is 5.61. The highest BCUT2D eigenvalue weighted by atomic mass is 15.1. The van der Waals surface area contributed by atoms with E-state index in [4.69, 9.17) is 5.26 Å². The van der Waals surface area contributed by atoms with Gasteiger partial charge in [-0.2, -0.15) is 5.26 Å². The fourth-order valence-corrected chi connectivity index (χ4v) is 1.68. The third kappa shape index (κ3) is 2.41.